The molecule has 0 aliphatic rings. The van der Waals surface area contributed by atoms with E-state index in [9.17, 15) is 0 Å². The molecule has 0 fully saturated rings. The first-order chi connectivity index (χ1) is 9.65. The predicted molar refractivity (Wildman–Crippen MR) is 80.3 cm³/mol. The van der Waals surface area contributed by atoms with Crippen LogP contribution in [-0.2, 0) is 7.05 Å². The van der Waals surface area contributed by atoms with Gasteiger partial charge in [0.25, 0.3) is 0 Å². The lowest BCUT2D eigenvalue weighted by molar-refractivity contribution is -0.731. The summed E-state index contributed by atoms with van der Waals surface area (Å²) in [6.45, 7) is 1.95. The van der Waals surface area contributed by atoms with Crippen molar-refractivity contribution >= 4 is 33.8 Å². The summed E-state index contributed by atoms with van der Waals surface area (Å²) in [7, 11) is 1.91. The van der Waals surface area contributed by atoms with Gasteiger partial charge >= 0.3 is 0 Å². The fraction of sp³-hybridized carbons (Fsp3) is 0.154. The first-order valence-corrected chi connectivity index (χ1v) is 7.24. The van der Waals surface area contributed by atoms with Gasteiger partial charge in [0, 0.05) is 12.6 Å². The topological polar surface area (TPSA) is 57.5 Å². The number of aromatic nitrogens is 4. The molecule has 1 aromatic carbocycles. The molecule has 0 aliphatic carbocycles. The molecule has 0 atom stereocenters. The second-order valence-electron chi connectivity index (χ2n) is 4.35. The summed E-state index contributed by atoms with van der Waals surface area (Å²) in [4.78, 5) is 0. The number of nitrogens with one attached hydrogen (secondary N) is 2. The highest BCUT2D eigenvalue weighted by atomic mass is 35.5. The largest absolute Gasteiger partial charge is 0.330 e. The Kier molecular flexibility index (Phi) is 3.42. The van der Waals surface area contributed by atoms with Crippen molar-refractivity contribution in [2.45, 2.75) is 6.92 Å². The van der Waals surface area contributed by atoms with Crippen LogP contribution in [0.25, 0.3) is 10.7 Å². The molecule has 0 aliphatic heterocycles. The van der Waals surface area contributed by atoms with Crippen molar-refractivity contribution in [2.75, 3.05) is 5.32 Å². The molecule has 2 heterocycles. The number of benzene rings is 1. The van der Waals surface area contributed by atoms with Crippen molar-refractivity contribution in [3.63, 3.8) is 0 Å². The molecule has 2 N–H and O–H groups in total. The van der Waals surface area contributed by atoms with Gasteiger partial charge in [0.05, 0.1) is 0 Å². The number of rotatable bonds is 3. The number of aryl methyl sites for hydroxylation is 1. The van der Waals surface area contributed by atoms with E-state index in [0.29, 0.717) is 5.02 Å². The van der Waals surface area contributed by atoms with Crippen LogP contribution in [0, 0.1) is 6.92 Å². The van der Waals surface area contributed by atoms with Crippen LogP contribution in [0.1, 0.15) is 5.69 Å². The number of halogens is 1. The number of hydrogen-bond donors (Lipinski definition) is 2. The number of para-hydroxylation sites is 1. The molecule has 0 radical (unpaired) electrons. The maximum atomic E-state index is 6.28. The Morgan fingerprint density at radius 1 is 1.25 bits per heavy atom. The van der Waals surface area contributed by atoms with Crippen molar-refractivity contribution < 1.29 is 4.68 Å². The van der Waals surface area contributed by atoms with E-state index in [1.165, 1.54) is 11.3 Å². The van der Waals surface area contributed by atoms with Gasteiger partial charge in [0.2, 0.25) is 10.8 Å². The second kappa shape index (κ2) is 5.22. The summed E-state index contributed by atoms with van der Waals surface area (Å²) in [6, 6.07) is 9.86. The Morgan fingerprint density at radius 2 is 2.00 bits per heavy atom. The standard InChI is InChI=1S/C13H12ClN5S/c1-8-10(14)11(18-19(8)2)12-16-17-13(20-12)15-9-6-4-3-5-7-9/h3-7H,1-2H3,(H,15,17,18)/p+1. The molecular formula is C13H13ClN5S+. The maximum absolute atomic E-state index is 6.28. The molecule has 20 heavy (non-hydrogen) atoms. The van der Waals surface area contributed by atoms with Gasteiger partial charge in [0.15, 0.2) is 17.7 Å². The van der Waals surface area contributed by atoms with Crippen molar-refractivity contribution in [2.24, 2.45) is 7.05 Å². The first kappa shape index (κ1) is 13.1. The van der Waals surface area contributed by atoms with E-state index in [0.717, 1.165) is 27.2 Å². The SMILES string of the molecule is Cc1c(Cl)c(-c2nnc(Nc3ccccc3)s2)[nH][n+]1C. The molecule has 0 saturated heterocycles. The van der Waals surface area contributed by atoms with Crippen LogP contribution in [-0.4, -0.2) is 15.3 Å². The van der Waals surface area contributed by atoms with E-state index < -0.39 is 0 Å². The lowest BCUT2D eigenvalue weighted by Crippen LogP contribution is -2.32. The molecule has 7 heteroatoms. The Hall–Kier alpha value is -1.92. The highest BCUT2D eigenvalue weighted by molar-refractivity contribution is 7.18. The monoisotopic (exact) mass is 306 g/mol. The second-order valence-corrected chi connectivity index (χ2v) is 5.70. The Balaban J connectivity index is 1.88. The molecule has 5 nitrogen and oxygen atoms in total. The van der Waals surface area contributed by atoms with Crippen molar-refractivity contribution in [1.29, 1.82) is 0 Å². The average molecular weight is 307 g/mol. The number of aromatic amines is 1. The minimum Gasteiger partial charge on any atom is -0.330 e. The Bertz CT molecular complexity index is 735. The summed E-state index contributed by atoms with van der Waals surface area (Å²) in [6.07, 6.45) is 0. The van der Waals surface area contributed by atoms with Gasteiger partial charge in [-0.3, -0.25) is 0 Å². The quantitative estimate of drug-likeness (QED) is 0.731. The van der Waals surface area contributed by atoms with Crippen molar-refractivity contribution in [3.8, 4) is 10.7 Å². The van der Waals surface area contributed by atoms with Gasteiger partial charge in [0.1, 0.15) is 5.02 Å². The Labute approximate surface area is 125 Å². The van der Waals surface area contributed by atoms with Crippen LogP contribution >= 0.6 is 22.9 Å². The molecule has 3 aromatic rings. The summed E-state index contributed by atoms with van der Waals surface area (Å²) in [5, 5.41) is 16.9. The van der Waals surface area contributed by atoms with Crippen molar-refractivity contribution in [3.05, 3.63) is 41.0 Å². The first-order valence-electron chi connectivity index (χ1n) is 6.05. The third-order valence-electron chi connectivity index (χ3n) is 2.98. The van der Waals surface area contributed by atoms with E-state index in [4.69, 9.17) is 11.6 Å². The normalized spacial score (nSPS) is 10.8. The van der Waals surface area contributed by atoms with E-state index in [-0.39, 0.29) is 0 Å². The van der Waals surface area contributed by atoms with Crippen LogP contribution in [0.5, 0.6) is 0 Å². The summed E-state index contributed by atoms with van der Waals surface area (Å²) in [5.41, 5.74) is 2.74. The molecule has 2 aromatic heterocycles. The zero-order valence-electron chi connectivity index (χ0n) is 11.0. The van der Waals surface area contributed by atoms with Crippen LogP contribution in [0.4, 0.5) is 10.8 Å². The van der Waals surface area contributed by atoms with Gasteiger partial charge in [-0.15, -0.1) is 14.9 Å². The summed E-state index contributed by atoms with van der Waals surface area (Å²) >= 11 is 7.74. The van der Waals surface area contributed by atoms with Gasteiger partial charge in [-0.2, -0.15) is 5.10 Å². The Morgan fingerprint density at radius 3 is 2.65 bits per heavy atom. The maximum Gasteiger partial charge on any atom is 0.223 e. The van der Waals surface area contributed by atoms with E-state index in [1.54, 1.807) is 0 Å². The number of nitrogens with zero attached hydrogens (tertiary/aromatic N) is 3. The van der Waals surface area contributed by atoms with Gasteiger partial charge in [-0.25, -0.2) is 0 Å². The molecular weight excluding hydrogens is 294 g/mol. The smallest absolute Gasteiger partial charge is 0.223 e. The molecule has 0 saturated carbocycles. The lowest BCUT2D eigenvalue weighted by atomic mass is 10.3. The fourth-order valence-electron chi connectivity index (χ4n) is 1.79. The minimum atomic E-state index is 0.676. The molecule has 0 amide bonds. The zero-order valence-corrected chi connectivity index (χ0v) is 12.6. The highest BCUT2D eigenvalue weighted by Gasteiger charge is 2.21. The van der Waals surface area contributed by atoms with E-state index >= 15 is 0 Å². The third-order valence-corrected chi connectivity index (χ3v) is 4.30. The highest BCUT2D eigenvalue weighted by Crippen LogP contribution is 2.32. The minimum absolute atomic E-state index is 0.676. The van der Waals surface area contributed by atoms with Crippen LogP contribution in [0.15, 0.2) is 30.3 Å². The molecule has 0 unspecified atom stereocenters. The lowest BCUT2D eigenvalue weighted by Gasteiger charge is -1.99. The molecule has 3 rings (SSSR count). The van der Waals surface area contributed by atoms with Gasteiger partial charge < -0.3 is 5.32 Å². The molecule has 0 bridgehead atoms. The van der Waals surface area contributed by atoms with Crippen LogP contribution < -0.4 is 10.00 Å². The third kappa shape index (κ3) is 2.39. The number of hydrogen-bond acceptors (Lipinski definition) is 4. The zero-order chi connectivity index (χ0) is 14.1. The van der Waals surface area contributed by atoms with E-state index in [2.05, 4.69) is 20.6 Å². The van der Waals surface area contributed by atoms with E-state index in [1.807, 2.05) is 49.0 Å². The van der Waals surface area contributed by atoms with Gasteiger partial charge in [-0.05, 0) is 12.1 Å². The fourth-order valence-corrected chi connectivity index (χ4v) is 2.87. The van der Waals surface area contributed by atoms with Crippen molar-refractivity contribution in [1.82, 2.24) is 15.3 Å². The number of H-pyrrole nitrogens is 1. The average Bonchev–Trinajstić information content (AvgIpc) is 3.01. The van der Waals surface area contributed by atoms with Crippen LogP contribution in [0.3, 0.4) is 0 Å². The molecule has 102 valence electrons. The van der Waals surface area contributed by atoms with Crippen LogP contribution in [0.2, 0.25) is 5.02 Å². The number of anilines is 2. The summed E-state index contributed by atoms with van der Waals surface area (Å²) in [5.74, 6) is 0. The molecule has 0 spiro atoms. The predicted octanol–water partition coefficient (Wildman–Crippen LogP) is 3.06. The summed E-state index contributed by atoms with van der Waals surface area (Å²) < 4.78 is 1.86. The van der Waals surface area contributed by atoms with Gasteiger partial charge in [-0.1, -0.05) is 41.1 Å².